The van der Waals surface area contributed by atoms with Crippen LogP contribution >= 0.6 is 0 Å². The van der Waals surface area contributed by atoms with E-state index in [1.807, 2.05) is 0 Å². The van der Waals surface area contributed by atoms with Gasteiger partial charge in [-0.15, -0.1) is 0 Å². The van der Waals surface area contributed by atoms with Crippen LogP contribution in [0.3, 0.4) is 0 Å². The minimum atomic E-state index is 0.00444. The molecule has 2 heterocycles. The highest BCUT2D eigenvalue weighted by molar-refractivity contribution is 5.83. The number of nitrogens with zero attached hydrogens (tertiary/aromatic N) is 1. The third-order valence-electron chi connectivity index (χ3n) is 5.63. The fraction of sp³-hybridized carbons (Fsp3) is 0.933. The van der Waals surface area contributed by atoms with Crippen LogP contribution in [0.25, 0.3) is 0 Å². The Labute approximate surface area is 110 Å². The molecule has 1 amide bonds. The van der Waals surface area contributed by atoms with Crippen molar-refractivity contribution in [2.24, 2.45) is 11.3 Å². The van der Waals surface area contributed by atoms with E-state index in [0.29, 0.717) is 11.9 Å². The zero-order valence-corrected chi connectivity index (χ0v) is 11.6. The first-order valence-corrected chi connectivity index (χ1v) is 7.79. The summed E-state index contributed by atoms with van der Waals surface area (Å²) in [5, 5.41) is 3.48. The summed E-state index contributed by atoms with van der Waals surface area (Å²) >= 11 is 0. The van der Waals surface area contributed by atoms with Crippen LogP contribution < -0.4 is 5.32 Å². The number of fused-ring (bicyclic) bond motifs is 1. The van der Waals surface area contributed by atoms with Gasteiger partial charge in [0.05, 0.1) is 0 Å². The van der Waals surface area contributed by atoms with E-state index in [-0.39, 0.29) is 5.41 Å². The largest absolute Gasteiger partial charge is 0.338 e. The number of hydrogen-bond acceptors (Lipinski definition) is 2. The summed E-state index contributed by atoms with van der Waals surface area (Å²) in [6.45, 7) is 5.35. The molecule has 0 spiro atoms. The minimum Gasteiger partial charge on any atom is -0.338 e. The number of likely N-dealkylation sites (tertiary alicyclic amines) is 1. The smallest absolute Gasteiger partial charge is 0.229 e. The van der Waals surface area contributed by atoms with Crippen LogP contribution in [0.15, 0.2) is 0 Å². The maximum absolute atomic E-state index is 13.0. The first kappa shape index (κ1) is 12.5. The standard InChI is InChI=1S/C15H26N2O/c1-2-15(7-3-4-8-15)14(18)17-9-5-6-12-10-16-11-13(12)17/h12-13,16H,2-11H2,1H3. The van der Waals surface area contributed by atoms with Crippen molar-refractivity contribution >= 4 is 5.91 Å². The molecular weight excluding hydrogens is 224 g/mol. The second-order valence-corrected chi connectivity index (χ2v) is 6.47. The molecule has 1 N–H and O–H groups in total. The van der Waals surface area contributed by atoms with Crippen molar-refractivity contribution in [3.8, 4) is 0 Å². The Morgan fingerprint density at radius 2 is 2.06 bits per heavy atom. The average Bonchev–Trinajstić information content (AvgIpc) is 3.06. The molecule has 0 radical (unpaired) electrons. The van der Waals surface area contributed by atoms with Crippen LogP contribution in [0.5, 0.6) is 0 Å². The molecule has 3 nitrogen and oxygen atoms in total. The average molecular weight is 250 g/mol. The molecule has 2 atom stereocenters. The highest BCUT2D eigenvalue weighted by Crippen LogP contribution is 2.44. The van der Waals surface area contributed by atoms with E-state index in [1.54, 1.807) is 0 Å². The third-order valence-corrected chi connectivity index (χ3v) is 5.63. The molecular formula is C15H26N2O. The molecule has 0 aromatic carbocycles. The van der Waals surface area contributed by atoms with Gasteiger partial charge in [-0.3, -0.25) is 4.79 Å². The first-order chi connectivity index (χ1) is 8.77. The van der Waals surface area contributed by atoms with Crippen molar-refractivity contribution in [2.45, 2.75) is 57.9 Å². The molecule has 18 heavy (non-hydrogen) atoms. The topological polar surface area (TPSA) is 32.3 Å². The summed E-state index contributed by atoms with van der Waals surface area (Å²) in [5.41, 5.74) is 0.00444. The summed E-state index contributed by atoms with van der Waals surface area (Å²) in [6.07, 6.45) is 8.30. The Bertz CT molecular complexity index is 322. The monoisotopic (exact) mass is 250 g/mol. The molecule has 2 unspecified atom stereocenters. The second-order valence-electron chi connectivity index (χ2n) is 6.47. The van der Waals surface area contributed by atoms with E-state index in [4.69, 9.17) is 0 Å². The van der Waals surface area contributed by atoms with Crippen molar-refractivity contribution in [2.75, 3.05) is 19.6 Å². The van der Waals surface area contributed by atoms with Gasteiger partial charge in [-0.05, 0) is 38.0 Å². The van der Waals surface area contributed by atoms with E-state index in [1.165, 1.54) is 25.7 Å². The maximum atomic E-state index is 13.0. The number of amides is 1. The molecule has 2 saturated heterocycles. The number of carbonyl (C=O) groups is 1. The normalized spacial score (nSPS) is 34.6. The fourth-order valence-electron chi connectivity index (χ4n) is 4.40. The van der Waals surface area contributed by atoms with Gasteiger partial charge in [0.15, 0.2) is 0 Å². The quantitative estimate of drug-likeness (QED) is 0.814. The van der Waals surface area contributed by atoms with Gasteiger partial charge >= 0.3 is 0 Å². The van der Waals surface area contributed by atoms with E-state index >= 15 is 0 Å². The predicted molar refractivity (Wildman–Crippen MR) is 72.3 cm³/mol. The van der Waals surface area contributed by atoms with Crippen molar-refractivity contribution in [1.29, 1.82) is 0 Å². The Hall–Kier alpha value is -0.570. The number of nitrogens with one attached hydrogen (secondary N) is 1. The molecule has 3 fully saturated rings. The van der Waals surface area contributed by atoms with Gasteiger partial charge < -0.3 is 10.2 Å². The van der Waals surface area contributed by atoms with Crippen LogP contribution in [0.1, 0.15) is 51.9 Å². The molecule has 0 aromatic rings. The molecule has 102 valence electrons. The number of rotatable bonds is 2. The zero-order valence-electron chi connectivity index (χ0n) is 11.6. The zero-order chi connectivity index (χ0) is 12.6. The molecule has 0 aromatic heterocycles. The van der Waals surface area contributed by atoms with Crippen LogP contribution in [-0.4, -0.2) is 36.5 Å². The van der Waals surface area contributed by atoms with E-state index < -0.39 is 0 Å². The van der Waals surface area contributed by atoms with Crippen molar-refractivity contribution < 1.29 is 4.79 Å². The van der Waals surface area contributed by atoms with Crippen LogP contribution in [0.2, 0.25) is 0 Å². The third kappa shape index (κ3) is 1.87. The van der Waals surface area contributed by atoms with Crippen molar-refractivity contribution in [3.05, 3.63) is 0 Å². The lowest BCUT2D eigenvalue weighted by Crippen LogP contribution is -2.53. The predicted octanol–water partition coefficient (Wildman–Crippen LogP) is 2.17. The maximum Gasteiger partial charge on any atom is 0.229 e. The minimum absolute atomic E-state index is 0.00444. The Balaban J connectivity index is 1.78. The summed E-state index contributed by atoms with van der Waals surface area (Å²) < 4.78 is 0. The lowest BCUT2D eigenvalue weighted by Gasteiger charge is -2.42. The Kier molecular flexibility index (Phi) is 3.35. The summed E-state index contributed by atoms with van der Waals surface area (Å²) in [4.78, 5) is 15.2. The van der Waals surface area contributed by atoms with Crippen LogP contribution in [0, 0.1) is 11.3 Å². The van der Waals surface area contributed by atoms with Crippen molar-refractivity contribution in [3.63, 3.8) is 0 Å². The van der Waals surface area contributed by atoms with Gasteiger partial charge in [0.1, 0.15) is 0 Å². The Morgan fingerprint density at radius 3 is 2.78 bits per heavy atom. The summed E-state index contributed by atoms with van der Waals surface area (Å²) in [6, 6.07) is 0.496. The van der Waals surface area contributed by atoms with Gasteiger partial charge in [-0.25, -0.2) is 0 Å². The summed E-state index contributed by atoms with van der Waals surface area (Å²) in [7, 11) is 0. The summed E-state index contributed by atoms with van der Waals surface area (Å²) in [5.74, 6) is 1.21. The van der Waals surface area contributed by atoms with Gasteiger partial charge in [-0.1, -0.05) is 19.8 Å². The Morgan fingerprint density at radius 1 is 1.28 bits per heavy atom. The lowest BCUT2D eigenvalue weighted by atomic mass is 9.80. The SMILES string of the molecule is CCC1(C(=O)N2CCCC3CNCC32)CCCC1. The highest BCUT2D eigenvalue weighted by Gasteiger charge is 2.46. The number of piperidine rings is 1. The van der Waals surface area contributed by atoms with Gasteiger partial charge in [0.2, 0.25) is 5.91 Å². The van der Waals surface area contributed by atoms with Crippen LogP contribution in [0.4, 0.5) is 0 Å². The van der Waals surface area contributed by atoms with E-state index in [2.05, 4.69) is 17.1 Å². The fourth-order valence-corrected chi connectivity index (χ4v) is 4.40. The molecule has 1 aliphatic carbocycles. The molecule has 3 aliphatic rings. The number of hydrogen-bond donors (Lipinski definition) is 1. The van der Waals surface area contributed by atoms with Crippen molar-refractivity contribution in [1.82, 2.24) is 10.2 Å². The van der Waals surface area contributed by atoms with Gasteiger partial charge in [0, 0.05) is 31.1 Å². The van der Waals surface area contributed by atoms with Gasteiger partial charge in [0.25, 0.3) is 0 Å². The number of carbonyl (C=O) groups excluding carboxylic acids is 1. The van der Waals surface area contributed by atoms with Gasteiger partial charge in [-0.2, -0.15) is 0 Å². The highest BCUT2D eigenvalue weighted by atomic mass is 16.2. The van der Waals surface area contributed by atoms with Crippen LogP contribution in [-0.2, 0) is 4.79 Å². The first-order valence-electron chi connectivity index (χ1n) is 7.79. The molecule has 3 heteroatoms. The second kappa shape index (κ2) is 4.84. The lowest BCUT2D eigenvalue weighted by molar-refractivity contribution is -0.146. The molecule has 1 saturated carbocycles. The molecule has 0 bridgehead atoms. The van der Waals surface area contributed by atoms with E-state index in [0.717, 1.165) is 44.8 Å². The molecule has 2 aliphatic heterocycles. The van der Waals surface area contributed by atoms with E-state index in [9.17, 15) is 4.79 Å². The molecule has 3 rings (SSSR count).